The van der Waals surface area contributed by atoms with Crippen LogP contribution in [0.1, 0.15) is 16.7 Å². The Morgan fingerprint density at radius 1 is 0.920 bits per heavy atom. The number of para-hydroxylation sites is 1. The Labute approximate surface area is 147 Å². The van der Waals surface area contributed by atoms with Gasteiger partial charge in [-0.05, 0) is 48.7 Å². The zero-order valence-electron chi connectivity index (χ0n) is 14.4. The Hall–Kier alpha value is -3.14. The highest BCUT2D eigenvalue weighted by molar-refractivity contribution is 5.92. The number of nitrogens with zero attached hydrogens (tertiary/aromatic N) is 1. The van der Waals surface area contributed by atoms with E-state index in [9.17, 15) is 4.79 Å². The topological polar surface area (TPSA) is 54.0 Å². The Morgan fingerprint density at radius 2 is 1.64 bits per heavy atom. The lowest BCUT2D eigenvalue weighted by Gasteiger charge is -2.10. The molecule has 3 aromatic rings. The maximum Gasteiger partial charge on any atom is 0.228 e. The quantitative estimate of drug-likeness (QED) is 0.717. The summed E-state index contributed by atoms with van der Waals surface area (Å²) in [5.74, 6) is 0.696. The van der Waals surface area contributed by atoms with Crippen LogP contribution < -0.4 is 10.6 Å². The average molecular weight is 331 g/mol. The highest BCUT2D eigenvalue weighted by atomic mass is 16.1. The Bertz CT molecular complexity index is 872. The summed E-state index contributed by atoms with van der Waals surface area (Å²) in [7, 11) is 0. The van der Waals surface area contributed by atoms with Crippen LogP contribution in [0.3, 0.4) is 0 Å². The molecule has 126 valence electrons. The third kappa shape index (κ3) is 4.44. The first-order valence-electron chi connectivity index (χ1n) is 8.25. The molecule has 2 N–H and O–H groups in total. The lowest BCUT2D eigenvalue weighted by Crippen LogP contribution is -2.15. The summed E-state index contributed by atoms with van der Waals surface area (Å²) in [4.78, 5) is 16.6. The number of anilines is 3. The van der Waals surface area contributed by atoms with E-state index >= 15 is 0 Å². The van der Waals surface area contributed by atoms with E-state index in [1.807, 2.05) is 74.5 Å². The summed E-state index contributed by atoms with van der Waals surface area (Å²) < 4.78 is 0. The Morgan fingerprint density at radius 3 is 2.32 bits per heavy atom. The fraction of sp³-hybridized carbons (Fsp3) is 0.143. The predicted molar refractivity (Wildman–Crippen MR) is 102 cm³/mol. The van der Waals surface area contributed by atoms with Crippen LogP contribution >= 0.6 is 0 Å². The van der Waals surface area contributed by atoms with Gasteiger partial charge < -0.3 is 10.6 Å². The fourth-order valence-electron chi connectivity index (χ4n) is 2.58. The molecular weight excluding hydrogens is 310 g/mol. The molecular formula is C21H21N3O. The Balaban J connectivity index is 1.62. The van der Waals surface area contributed by atoms with E-state index in [-0.39, 0.29) is 5.91 Å². The number of benzene rings is 2. The zero-order chi connectivity index (χ0) is 17.6. The van der Waals surface area contributed by atoms with Crippen LogP contribution in [0.25, 0.3) is 0 Å². The van der Waals surface area contributed by atoms with Crippen molar-refractivity contribution >= 4 is 23.1 Å². The van der Waals surface area contributed by atoms with Gasteiger partial charge in [0.1, 0.15) is 5.82 Å². The van der Waals surface area contributed by atoms with Gasteiger partial charge in [-0.3, -0.25) is 4.79 Å². The summed E-state index contributed by atoms with van der Waals surface area (Å²) in [5, 5.41) is 6.17. The van der Waals surface area contributed by atoms with Gasteiger partial charge in [-0.2, -0.15) is 0 Å². The first-order valence-corrected chi connectivity index (χ1v) is 8.25. The van der Waals surface area contributed by atoms with Crippen LogP contribution in [0.4, 0.5) is 17.2 Å². The minimum Gasteiger partial charge on any atom is -0.340 e. The number of rotatable bonds is 5. The minimum atomic E-state index is -0.0456. The molecule has 0 aliphatic rings. The first-order chi connectivity index (χ1) is 12.1. The highest BCUT2D eigenvalue weighted by Crippen LogP contribution is 2.19. The Kier molecular flexibility index (Phi) is 5.09. The zero-order valence-corrected chi connectivity index (χ0v) is 14.4. The second kappa shape index (κ2) is 7.62. The molecule has 3 rings (SSSR count). The van der Waals surface area contributed by atoms with E-state index in [0.29, 0.717) is 12.1 Å². The van der Waals surface area contributed by atoms with Crippen LogP contribution in [0.5, 0.6) is 0 Å². The fourth-order valence-corrected chi connectivity index (χ4v) is 2.58. The lowest BCUT2D eigenvalue weighted by molar-refractivity contribution is -0.115. The molecule has 1 aromatic heterocycles. The number of nitrogens with one attached hydrogen (secondary N) is 2. The van der Waals surface area contributed by atoms with Crippen molar-refractivity contribution in [2.75, 3.05) is 10.6 Å². The number of amides is 1. The molecule has 1 amide bonds. The maximum absolute atomic E-state index is 12.2. The average Bonchev–Trinajstić information content (AvgIpc) is 2.61. The third-order valence-corrected chi connectivity index (χ3v) is 4.07. The van der Waals surface area contributed by atoms with Crippen molar-refractivity contribution in [1.29, 1.82) is 0 Å². The van der Waals surface area contributed by atoms with E-state index in [1.165, 1.54) is 0 Å². The van der Waals surface area contributed by atoms with Crippen LogP contribution in [-0.4, -0.2) is 10.9 Å². The van der Waals surface area contributed by atoms with Crippen LogP contribution in [0.2, 0.25) is 0 Å². The molecule has 4 heteroatoms. The van der Waals surface area contributed by atoms with E-state index < -0.39 is 0 Å². The molecule has 25 heavy (non-hydrogen) atoms. The smallest absolute Gasteiger partial charge is 0.228 e. The van der Waals surface area contributed by atoms with Gasteiger partial charge in [-0.1, -0.05) is 42.5 Å². The van der Waals surface area contributed by atoms with Gasteiger partial charge in [0.2, 0.25) is 5.91 Å². The molecule has 0 saturated heterocycles. The van der Waals surface area contributed by atoms with Crippen molar-refractivity contribution < 1.29 is 4.79 Å². The molecule has 0 saturated carbocycles. The van der Waals surface area contributed by atoms with Gasteiger partial charge in [0.15, 0.2) is 0 Å². The monoisotopic (exact) mass is 331 g/mol. The van der Waals surface area contributed by atoms with Gasteiger partial charge in [0.05, 0.1) is 18.3 Å². The molecule has 0 aliphatic heterocycles. The van der Waals surface area contributed by atoms with Crippen molar-refractivity contribution in [3.05, 3.63) is 83.6 Å². The molecule has 0 radical (unpaired) electrons. The SMILES string of the molecule is Cc1ccccc1CC(=O)Nc1ccc(Nc2ccccc2C)nc1. The molecule has 0 spiro atoms. The van der Waals surface area contributed by atoms with Gasteiger partial charge in [-0.25, -0.2) is 4.98 Å². The second-order valence-electron chi connectivity index (χ2n) is 6.02. The number of aromatic nitrogens is 1. The van der Waals surface area contributed by atoms with E-state index in [1.54, 1.807) is 6.20 Å². The number of pyridine rings is 1. The number of aryl methyl sites for hydroxylation is 2. The molecule has 0 atom stereocenters. The summed E-state index contributed by atoms with van der Waals surface area (Å²) in [6.07, 6.45) is 2.02. The van der Waals surface area contributed by atoms with E-state index in [0.717, 1.165) is 28.2 Å². The third-order valence-electron chi connectivity index (χ3n) is 4.07. The largest absolute Gasteiger partial charge is 0.340 e. The molecule has 0 fully saturated rings. The van der Waals surface area contributed by atoms with Crippen molar-refractivity contribution in [3.63, 3.8) is 0 Å². The minimum absolute atomic E-state index is 0.0456. The maximum atomic E-state index is 12.2. The molecule has 0 unspecified atom stereocenters. The van der Waals surface area contributed by atoms with Crippen molar-refractivity contribution in [2.45, 2.75) is 20.3 Å². The summed E-state index contributed by atoms with van der Waals surface area (Å²) in [6.45, 7) is 4.05. The van der Waals surface area contributed by atoms with Crippen molar-refractivity contribution in [1.82, 2.24) is 4.98 Å². The molecule has 2 aromatic carbocycles. The number of carbonyl (C=O) groups is 1. The number of carbonyl (C=O) groups excluding carboxylic acids is 1. The molecule has 1 heterocycles. The molecule has 0 bridgehead atoms. The predicted octanol–water partition coefficient (Wildman–Crippen LogP) is 4.62. The summed E-state index contributed by atoms with van der Waals surface area (Å²) in [5.41, 5.74) is 5.01. The van der Waals surface area contributed by atoms with E-state index in [4.69, 9.17) is 0 Å². The van der Waals surface area contributed by atoms with Gasteiger partial charge in [0.25, 0.3) is 0 Å². The standard InChI is InChI=1S/C21H21N3O/c1-15-7-3-5-9-17(15)13-21(25)23-18-11-12-20(22-14-18)24-19-10-6-4-8-16(19)2/h3-12,14H,13H2,1-2H3,(H,22,24)(H,23,25). The van der Waals surface area contributed by atoms with Crippen LogP contribution in [0, 0.1) is 13.8 Å². The second-order valence-corrected chi connectivity index (χ2v) is 6.02. The van der Waals surface area contributed by atoms with Crippen LogP contribution in [-0.2, 0) is 11.2 Å². The normalized spacial score (nSPS) is 10.3. The molecule has 0 aliphatic carbocycles. The summed E-state index contributed by atoms with van der Waals surface area (Å²) >= 11 is 0. The van der Waals surface area contributed by atoms with Crippen molar-refractivity contribution in [2.24, 2.45) is 0 Å². The lowest BCUT2D eigenvalue weighted by atomic mass is 10.1. The van der Waals surface area contributed by atoms with E-state index in [2.05, 4.69) is 15.6 Å². The number of hydrogen-bond donors (Lipinski definition) is 2. The molecule has 4 nitrogen and oxygen atoms in total. The van der Waals surface area contributed by atoms with Crippen LogP contribution in [0.15, 0.2) is 66.9 Å². The number of hydrogen-bond acceptors (Lipinski definition) is 3. The summed E-state index contributed by atoms with van der Waals surface area (Å²) in [6, 6.07) is 19.6. The van der Waals surface area contributed by atoms with Crippen molar-refractivity contribution in [3.8, 4) is 0 Å². The van der Waals surface area contributed by atoms with Gasteiger partial charge >= 0.3 is 0 Å². The van der Waals surface area contributed by atoms with Gasteiger partial charge in [0, 0.05) is 5.69 Å². The first kappa shape index (κ1) is 16.7. The highest BCUT2D eigenvalue weighted by Gasteiger charge is 2.07. The van der Waals surface area contributed by atoms with Gasteiger partial charge in [-0.15, -0.1) is 0 Å².